The minimum Gasteiger partial charge on any atom is -0.393 e. The summed E-state index contributed by atoms with van der Waals surface area (Å²) in [6.45, 7) is 3.34. The summed E-state index contributed by atoms with van der Waals surface area (Å²) in [5.41, 5.74) is 6.79. The molecule has 3 aromatic rings. The number of rotatable bonds is 5. The topological polar surface area (TPSA) is 68.4 Å². The van der Waals surface area contributed by atoms with Gasteiger partial charge in [0.2, 0.25) is 0 Å². The molecule has 2 heterocycles. The van der Waals surface area contributed by atoms with Gasteiger partial charge in [0.05, 0.1) is 17.2 Å². The van der Waals surface area contributed by atoms with Crippen LogP contribution in [0.1, 0.15) is 58.4 Å². The number of benzene rings is 2. The van der Waals surface area contributed by atoms with E-state index in [-0.39, 0.29) is 12.0 Å². The average Bonchev–Trinajstić information content (AvgIpc) is 3.19. The summed E-state index contributed by atoms with van der Waals surface area (Å²) in [5.74, 6) is -0.0276. The monoisotopic (exact) mass is 417 g/mol. The Balaban J connectivity index is 1.22. The summed E-state index contributed by atoms with van der Waals surface area (Å²) in [6.07, 6.45) is 6.22. The molecule has 1 fully saturated rings. The number of aryl methyl sites for hydroxylation is 2. The molecule has 1 amide bonds. The van der Waals surface area contributed by atoms with Crippen molar-refractivity contribution in [2.45, 2.75) is 57.7 Å². The maximum atomic E-state index is 12.9. The Hall–Kier alpha value is -2.63. The van der Waals surface area contributed by atoms with Gasteiger partial charge >= 0.3 is 0 Å². The summed E-state index contributed by atoms with van der Waals surface area (Å²) < 4.78 is 0. The second-order valence-electron chi connectivity index (χ2n) is 9.02. The van der Waals surface area contributed by atoms with E-state index in [2.05, 4.69) is 45.5 Å². The fraction of sp³-hybridized carbons (Fsp3) is 0.423. The molecular weight excluding hydrogens is 386 g/mol. The van der Waals surface area contributed by atoms with Gasteiger partial charge in [0.15, 0.2) is 0 Å². The highest BCUT2D eigenvalue weighted by Gasteiger charge is 2.19. The number of amides is 1. The number of para-hydroxylation sites is 1. The zero-order valence-electron chi connectivity index (χ0n) is 18.0. The molecule has 0 spiro atoms. The summed E-state index contributed by atoms with van der Waals surface area (Å²) in [5, 5.41) is 14.0. The molecule has 1 aliphatic carbocycles. The molecule has 0 atom stereocenters. The van der Waals surface area contributed by atoms with Gasteiger partial charge in [0, 0.05) is 37.3 Å². The first-order valence-corrected chi connectivity index (χ1v) is 11.6. The van der Waals surface area contributed by atoms with Crippen molar-refractivity contribution in [3.8, 4) is 0 Å². The Labute approximate surface area is 183 Å². The number of aromatic amines is 1. The number of aliphatic hydroxyl groups is 1. The van der Waals surface area contributed by atoms with Gasteiger partial charge < -0.3 is 15.4 Å². The zero-order chi connectivity index (χ0) is 21.2. The molecule has 0 bridgehead atoms. The normalized spacial score (nSPS) is 17.6. The van der Waals surface area contributed by atoms with Crippen LogP contribution in [0, 0.1) is 0 Å². The number of fused-ring (bicyclic) bond motifs is 3. The van der Waals surface area contributed by atoms with Crippen LogP contribution in [0.5, 0.6) is 0 Å². The molecule has 0 unspecified atom stereocenters. The van der Waals surface area contributed by atoms with Crippen LogP contribution in [0.25, 0.3) is 10.9 Å². The molecule has 1 saturated heterocycles. The first-order valence-electron chi connectivity index (χ1n) is 11.6. The summed E-state index contributed by atoms with van der Waals surface area (Å²) in [4.78, 5) is 18.9. The van der Waals surface area contributed by atoms with Crippen molar-refractivity contribution in [2.75, 3.05) is 13.1 Å². The number of carbonyl (C=O) groups is 1. The highest BCUT2D eigenvalue weighted by Crippen LogP contribution is 2.30. The van der Waals surface area contributed by atoms with Crippen LogP contribution in [-0.2, 0) is 25.9 Å². The fourth-order valence-corrected chi connectivity index (χ4v) is 4.99. The van der Waals surface area contributed by atoms with Crippen molar-refractivity contribution >= 4 is 16.8 Å². The number of H-pyrrole nitrogens is 1. The van der Waals surface area contributed by atoms with Crippen LogP contribution in [-0.4, -0.2) is 40.1 Å². The molecule has 2 aromatic carbocycles. The number of likely N-dealkylation sites (tertiary alicyclic amines) is 1. The Kier molecular flexibility index (Phi) is 5.79. The smallest absolute Gasteiger partial charge is 0.253 e. The van der Waals surface area contributed by atoms with E-state index in [1.54, 1.807) is 0 Å². The van der Waals surface area contributed by atoms with Gasteiger partial charge in [-0.3, -0.25) is 9.69 Å². The second-order valence-corrected chi connectivity index (χ2v) is 9.02. The molecule has 162 valence electrons. The summed E-state index contributed by atoms with van der Waals surface area (Å²) >= 11 is 0. The first kappa shape index (κ1) is 20.3. The third-order valence-electron chi connectivity index (χ3n) is 6.82. The van der Waals surface area contributed by atoms with E-state index in [1.807, 2.05) is 12.1 Å². The van der Waals surface area contributed by atoms with Crippen LogP contribution in [0.4, 0.5) is 0 Å². The van der Waals surface area contributed by atoms with Crippen LogP contribution in [0.15, 0.2) is 42.5 Å². The van der Waals surface area contributed by atoms with Gasteiger partial charge in [0.1, 0.15) is 0 Å². The molecule has 2 aliphatic rings. The molecule has 0 saturated carbocycles. The molecule has 5 heteroatoms. The Bertz CT molecular complexity index is 1060. The lowest BCUT2D eigenvalue weighted by atomic mass is 9.95. The largest absolute Gasteiger partial charge is 0.393 e. The summed E-state index contributed by atoms with van der Waals surface area (Å²) in [7, 11) is 0. The number of piperidine rings is 1. The van der Waals surface area contributed by atoms with E-state index in [1.165, 1.54) is 35.0 Å². The number of nitrogens with zero attached hydrogens (tertiary/aromatic N) is 1. The van der Waals surface area contributed by atoms with Gasteiger partial charge in [-0.1, -0.05) is 36.4 Å². The van der Waals surface area contributed by atoms with Crippen molar-refractivity contribution < 1.29 is 9.90 Å². The third kappa shape index (κ3) is 4.39. The Morgan fingerprint density at radius 3 is 2.58 bits per heavy atom. The fourth-order valence-electron chi connectivity index (χ4n) is 4.99. The molecule has 1 aromatic heterocycles. The van der Waals surface area contributed by atoms with Gasteiger partial charge in [-0.25, -0.2) is 0 Å². The van der Waals surface area contributed by atoms with Crippen LogP contribution >= 0.6 is 0 Å². The van der Waals surface area contributed by atoms with Crippen LogP contribution in [0.3, 0.4) is 0 Å². The maximum absolute atomic E-state index is 12.9. The van der Waals surface area contributed by atoms with E-state index in [9.17, 15) is 9.90 Å². The molecular formula is C26H31N3O2. The Morgan fingerprint density at radius 1 is 1.03 bits per heavy atom. The number of carbonyl (C=O) groups excluding carboxylic acids is 1. The predicted octanol–water partition coefficient (Wildman–Crippen LogP) is 3.93. The molecule has 3 N–H and O–H groups in total. The molecule has 5 rings (SSSR count). The number of hydrogen-bond acceptors (Lipinski definition) is 3. The maximum Gasteiger partial charge on any atom is 0.253 e. The van der Waals surface area contributed by atoms with Gasteiger partial charge in [-0.05, 0) is 61.3 Å². The van der Waals surface area contributed by atoms with E-state index >= 15 is 0 Å². The highest BCUT2D eigenvalue weighted by atomic mass is 16.3. The van der Waals surface area contributed by atoms with Gasteiger partial charge in [-0.2, -0.15) is 0 Å². The van der Waals surface area contributed by atoms with Crippen LogP contribution < -0.4 is 5.32 Å². The minimum absolute atomic E-state index is 0.0276. The lowest BCUT2D eigenvalue weighted by Crippen LogP contribution is -2.35. The highest BCUT2D eigenvalue weighted by molar-refractivity contribution is 6.06. The quantitative estimate of drug-likeness (QED) is 0.589. The summed E-state index contributed by atoms with van der Waals surface area (Å²) in [6, 6.07) is 14.5. The van der Waals surface area contributed by atoms with Crippen molar-refractivity contribution in [3.63, 3.8) is 0 Å². The SMILES string of the molecule is O=C(NCc1ccc(CN2CCC(O)CC2)cc1)c1cccc2c3c([nH]c12)CCCC3. The second kappa shape index (κ2) is 8.85. The van der Waals surface area contributed by atoms with Gasteiger partial charge in [0.25, 0.3) is 5.91 Å². The lowest BCUT2D eigenvalue weighted by molar-refractivity contribution is 0.0792. The van der Waals surface area contributed by atoms with Gasteiger partial charge in [-0.15, -0.1) is 0 Å². The molecule has 5 nitrogen and oxygen atoms in total. The standard InChI is InChI=1S/C26H31N3O2/c30-20-12-14-29(15-13-20)17-19-10-8-18(9-11-19)16-27-26(31)23-6-3-5-22-21-4-1-2-7-24(21)28-25(22)23/h3,5-6,8-11,20,28,30H,1-2,4,7,12-17H2,(H,27,31). The molecule has 1 aliphatic heterocycles. The first-order chi connectivity index (χ1) is 15.2. The minimum atomic E-state index is -0.135. The number of hydrogen-bond donors (Lipinski definition) is 3. The number of aromatic nitrogens is 1. The number of nitrogens with one attached hydrogen (secondary N) is 2. The molecule has 31 heavy (non-hydrogen) atoms. The van der Waals surface area contributed by atoms with E-state index in [0.29, 0.717) is 6.54 Å². The number of aliphatic hydroxyl groups excluding tert-OH is 1. The van der Waals surface area contributed by atoms with Crippen molar-refractivity contribution in [2.24, 2.45) is 0 Å². The van der Waals surface area contributed by atoms with E-state index in [4.69, 9.17) is 0 Å². The Morgan fingerprint density at radius 2 is 1.77 bits per heavy atom. The molecule has 0 radical (unpaired) electrons. The zero-order valence-corrected chi connectivity index (χ0v) is 18.0. The lowest BCUT2D eigenvalue weighted by Gasteiger charge is -2.29. The average molecular weight is 418 g/mol. The predicted molar refractivity (Wildman–Crippen MR) is 123 cm³/mol. The van der Waals surface area contributed by atoms with Crippen LogP contribution in [0.2, 0.25) is 0 Å². The van der Waals surface area contributed by atoms with Crippen molar-refractivity contribution in [3.05, 3.63) is 70.4 Å². The van der Waals surface area contributed by atoms with Crippen molar-refractivity contribution in [1.82, 2.24) is 15.2 Å². The van der Waals surface area contributed by atoms with E-state index in [0.717, 1.165) is 62.0 Å². The van der Waals surface area contributed by atoms with Crippen molar-refractivity contribution in [1.29, 1.82) is 0 Å². The third-order valence-corrected chi connectivity index (χ3v) is 6.82. The van der Waals surface area contributed by atoms with E-state index < -0.39 is 0 Å².